The Bertz CT molecular complexity index is 558. The van der Waals surface area contributed by atoms with Crippen molar-refractivity contribution in [3.8, 4) is 5.82 Å². The maximum atomic E-state index is 12.4. The molecular formula is C12H12F3N3. The Morgan fingerprint density at radius 1 is 1.28 bits per heavy atom. The summed E-state index contributed by atoms with van der Waals surface area (Å²) in [6.45, 7) is 3.78. The second-order valence-corrected chi connectivity index (χ2v) is 3.97. The van der Waals surface area contributed by atoms with Gasteiger partial charge in [0.15, 0.2) is 11.5 Å². The molecule has 0 aliphatic rings. The molecule has 0 saturated heterocycles. The molecule has 0 aliphatic carbocycles. The third-order valence-electron chi connectivity index (χ3n) is 2.52. The van der Waals surface area contributed by atoms with Crippen LogP contribution in [0.2, 0.25) is 0 Å². The number of nitrogens with zero attached hydrogens (tertiary/aromatic N) is 3. The summed E-state index contributed by atoms with van der Waals surface area (Å²) in [7, 11) is 0. The van der Waals surface area contributed by atoms with Crippen molar-refractivity contribution in [2.75, 3.05) is 0 Å². The fraction of sp³-hybridized carbons (Fsp3) is 0.333. The van der Waals surface area contributed by atoms with E-state index in [1.807, 2.05) is 13.0 Å². The third kappa shape index (κ3) is 2.52. The average Bonchev–Trinajstić information content (AvgIpc) is 2.77. The third-order valence-corrected chi connectivity index (χ3v) is 2.52. The number of aryl methyl sites for hydroxylation is 2. The fourth-order valence-corrected chi connectivity index (χ4v) is 1.65. The second-order valence-electron chi connectivity index (χ2n) is 3.97. The Balaban J connectivity index is 2.43. The van der Waals surface area contributed by atoms with Crippen molar-refractivity contribution >= 4 is 0 Å². The van der Waals surface area contributed by atoms with E-state index in [0.717, 1.165) is 28.4 Å². The molecule has 0 fully saturated rings. The van der Waals surface area contributed by atoms with Gasteiger partial charge in [-0.3, -0.25) is 0 Å². The van der Waals surface area contributed by atoms with Crippen LogP contribution in [0, 0.1) is 6.92 Å². The highest BCUT2D eigenvalue weighted by Crippen LogP contribution is 2.27. The largest absolute Gasteiger partial charge is 0.435 e. The number of rotatable bonds is 2. The molecule has 2 aromatic heterocycles. The monoisotopic (exact) mass is 255 g/mol. The van der Waals surface area contributed by atoms with Gasteiger partial charge in [0.25, 0.3) is 0 Å². The van der Waals surface area contributed by atoms with Crippen LogP contribution in [0.4, 0.5) is 13.2 Å². The lowest BCUT2D eigenvalue weighted by molar-refractivity contribution is -0.141. The Morgan fingerprint density at radius 3 is 2.56 bits per heavy atom. The average molecular weight is 255 g/mol. The molecule has 0 atom stereocenters. The van der Waals surface area contributed by atoms with E-state index in [9.17, 15) is 13.2 Å². The zero-order chi connectivity index (χ0) is 13.3. The number of aromatic nitrogens is 3. The van der Waals surface area contributed by atoms with E-state index in [1.54, 1.807) is 13.0 Å². The SMILES string of the molecule is CCc1cc(C)nc(-n2ccc(C(F)(F)F)n2)c1. The highest BCUT2D eigenvalue weighted by molar-refractivity contribution is 5.30. The van der Waals surface area contributed by atoms with Crippen LogP contribution < -0.4 is 0 Å². The summed E-state index contributed by atoms with van der Waals surface area (Å²) in [5, 5.41) is 3.50. The number of alkyl halides is 3. The highest BCUT2D eigenvalue weighted by atomic mass is 19.4. The van der Waals surface area contributed by atoms with Gasteiger partial charge in [-0.2, -0.15) is 18.3 Å². The van der Waals surface area contributed by atoms with Crippen LogP contribution in [0.15, 0.2) is 24.4 Å². The van der Waals surface area contributed by atoms with Crippen molar-refractivity contribution in [2.24, 2.45) is 0 Å². The molecule has 2 rings (SSSR count). The van der Waals surface area contributed by atoms with Crippen LogP contribution in [0.1, 0.15) is 23.9 Å². The Kier molecular flexibility index (Phi) is 3.11. The molecule has 3 nitrogen and oxygen atoms in total. The zero-order valence-electron chi connectivity index (χ0n) is 9.99. The van der Waals surface area contributed by atoms with Crippen molar-refractivity contribution in [1.29, 1.82) is 0 Å². The first-order chi connectivity index (χ1) is 8.40. The maximum Gasteiger partial charge on any atom is 0.435 e. The van der Waals surface area contributed by atoms with Crippen molar-refractivity contribution < 1.29 is 13.2 Å². The van der Waals surface area contributed by atoms with Crippen LogP contribution in [0.3, 0.4) is 0 Å². The van der Waals surface area contributed by atoms with Gasteiger partial charge in [-0.25, -0.2) is 9.67 Å². The summed E-state index contributed by atoms with van der Waals surface area (Å²) in [5.41, 5.74) is 0.860. The van der Waals surface area contributed by atoms with E-state index in [2.05, 4.69) is 10.1 Å². The standard InChI is InChI=1S/C12H12F3N3/c1-3-9-6-8(2)16-11(7-9)18-5-4-10(17-18)12(13,14)15/h4-7H,3H2,1-2H3. The Labute approximate surface area is 102 Å². The number of pyridine rings is 1. The van der Waals surface area contributed by atoms with Crippen LogP contribution >= 0.6 is 0 Å². The van der Waals surface area contributed by atoms with Gasteiger partial charge in [0.2, 0.25) is 0 Å². The molecule has 96 valence electrons. The summed E-state index contributed by atoms with van der Waals surface area (Å²) in [4.78, 5) is 4.18. The van der Waals surface area contributed by atoms with Gasteiger partial charge >= 0.3 is 6.18 Å². The maximum absolute atomic E-state index is 12.4. The number of hydrogen-bond acceptors (Lipinski definition) is 2. The molecule has 0 N–H and O–H groups in total. The first kappa shape index (κ1) is 12.6. The van der Waals surface area contributed by atoms with Crippen LogP contribution in [-0.2, 0) is 12.6 Å². The molecule has 0 aromatic carbocycles. The zero-order valence-corrected chi connectivity index (χ0v) is 9.99. The lowest BCUT2D eigenvalue weighted by atomic mass is 10.2. The Hall–Kier alpha value is -1.85. The molecule has 0 aliphatic heterocycles. The molecule has 2 aromatic rings. The van der Waals surface area contributed by atoms with Gasteiger partial charge in [0, 0.05) is 11.9 Å². The van der Waals surface area contributed by atoms with Gasteiger partial charge in [-0.1, -0.05) is 6.92 Å². The minimum Gasteiger partial charge on any atom is -0.234 e. The molecule has 0 amide bonds. The highest BCUT2D eigenvalue weighted by Gasteiger charge is 2.33. The predicted octanol–water partition coefficient (Wildman–Crippen LogP) is 3.16. The van der Waals surface area contributed by atoms with Crippen LogP contribution in [0.5, 0.6) is 0 Å². The quantitative estimate of drug-likeness (QED) is 0.825. The normalized spacial score (nSPS) is 11.8. The summed E-state index contributed by atoms with van der Waals surface area (Å²) >= 11 is 0. The second kappa shape index (κ2) is 4.44. The molecule has 2 heterocycles. The lowest BCUT2D eigenvalue weighted by Crippen LogP contribution is -2.08. The summed E-state index contributed by atoms with van der Waals surface area (Å²) < 4.78 is 38.5. The van der Waals surface area contributed by atoms with Crippen molar-refractivity contribution in [3.63, 3.8) is 0 Å². The minimum atomic E-state index is -4.43. The molecular weight excluding hydrogens is 243 g/mol. The van der Waals surface area contributed by atoms with Gasteiger partial charge in [0.1, 0.15) is 0 Å². The molecule has 0 bridgehead atoms. The van der Waals surface area contributed by atoms with Gasteiger partial charge < -0.3 is 0 Å². The Morgan fingerprint density at radius 2 is 2.00 bits per heavy atom. The van der Waals surface area contributed by atoms with Gasteiger partial charge in [-0.15, -0.1) is 0 Å². The topological polar surface area (TPSA) is 30.7 Å². The van der Waals surface area contributed by atoms with Crippen LogP contribution in [0.25, 0.3) is 5.82 Å². The number of hydrogen-bond donors (Lipinski definition) is 0. The summed E-state index contributed by atoms with van der Waals surface area (Å²) in [6.07, 6.45) is -2.36. The van der Waals surface area contributed by atoms with Crippen LogP contribution in [-0.4, -0.2) is 14.8 Å². The van der Waals surface area contributed by atoms with Crippen molar-refractivity contribution in [3.05, 3.63) is 41.3 Å². The minimum absolute atomic E-state index is 0.405. The van der Waals surface area contributed by atoms with E-state index in [0.29, 0.717) is 5.82 Å². The summed E-state index contributed by atoms with van der Waals surface area (Å²) in [5.74, 6) is 0.405. The predicted molar refractivity (Wildman–Crippen MR) is 60.5 cm³/mol. The smallest absolute Gasteiger partial charge is 0.234 e. The van der Waals surface area contributed by atoms with E-state index in [-0.39, 0.29) is 0 Å². The number of halogens is 3. The molecule has 6 heteroatoms. The summed E-state index contributed by atoms with van der Waals surface area (Å²) in [6, 6.07) is 4.58. The van der Waals surface area contributed by atoms with Gasteiger partial charge in [-0.05, 0) is 37.1 Å². The molecule has 0 spiro atoms. The van der Waals surface area contributed by atoms with Gasteiger partial charge in [0.05, 0.1) is 0 Å². The molecule has 0 saturated carbocycles. The van der Waals surface area contributed by atoms with Crippen molar-refractivity contribution in [1.82, 2.24) is 14.8 Å². The van der Waals surface area contributed by atoms with E-state index in [4.69, 9.17) is 0 Å². The van der Waals surface area contributed by atoms with Crippen molar-refractivity contribution in [2.45, 2.75) is 26.4 Å². The lowest BCUT2D eigenvalue weighted by Gasteiger charge is -2.05. The molecule has 0 radical (unpaired) electrons. The van der Waals surface area contributed by atoms with E-state index >= 15 is 0 Å². The molecule has 0 unspecified atom stereocenters. The van der Waals surface area contributed by atoms with E-state index < -0.39 is 11.9 Å². The first-order valence-corrected chi connectivity index (χ1v) is 5.51. The van der Waals surface area contributed by atoms with E-state index in [1.165, 1.54) is 6.20 Å². The molecule has 18 heavy (non-hydrogen) atoms. The fourth-order valence-electron chi connectivity index (χ4n) is 1.65. The first-order valence-electron chi connectivity index (χ1n) is 5.51.